The van der Waals surface area contributed by atoms with E-state index in [1.807, 2.05) is 0 Å². The molecular formula is C9H19NNaO3S. The van der Waals surface area contributed by atoms with Crippen molar-refractivity contribution in [2.45, 2.75) is 46.0 Å². The number of nitrogens with zero attached hydrogens (tertiary/aromatic N) is 1. The van der Waals surface area contributed by atoms with Crippen LogP contribution < -0.4 is 0 Å². The molecule has 0 fully saturated rings. The fourth-order valence-electron chi connectivity index (χ4n) is 0.888. The van der Waals surface area contributed by atoms with Crippen LogP contribution in [0.2, 0.25) is 0 Å². The Balaban J connectivity index is -0.000000320. The molecule has 4 nitrogen and oxygen atoms in total. The summed E-state index contributed by atoms with van der Waals surface area (Å²) in [6, 6.07) is 1.75. The van der Waals surface area contributed by atoms with Gasteiger partial charge in [-0.25, -0.2) is 0 Å². The van der Waals surface area contributed by atoms with Gasteiger partial charge in [0.05, 0.1) is 11.8 Å². The predicted octanol–water partition coefficient (Wildman–Crippen LogP) is 1.99. The Labute approximate surface area is 115 Å². The van der Waals surface area contributed by atoms with Crippen molar-refractivity contribution in [2.75, 3.05) is 5.75 Å². The topological polar surface area (TPSA) is 78.2 Å². The largest absolute Gasteiger partial charge is 0.286 e. The summed E-state index contributed by atoms with van der Waals surface area (Å²) in [7, 11) is -3.71. The van der Waals surface area contributed by atoms with Crippen molar-refractivity contribution >= 4 is 39.7 Å². The van der Waals surface area contributed by atoms with Crippen molar-refractivity contribution < 1.29 is 13.0 Å². The van der Waals surface area contributed by atoms with Crippen LogP contribution in [0.25, 0.3) is 0 Å². The Kier molecular flexibility index (Phi) is 19.9. The monoisotopic (exact) mass is 244 g/mol. The van der Waals surface area contributed by atoms with E-state index in [-0.39, 0.29) is 35.3 Å². The fraction of sp³-hybridized carbons (Fsp3) is 0.889. The fourth-order valence-corrected chi connectivity index (χ4v) is 1.46. The predicted molar refractivity (Wildman–Crippen MR) is 62.2 cm³/mol. The van der Waals surface area contributed by atoms with E-state index in [0.29, 0.717) is 6.42 Å². The molecule has 0 rings (SSSR count). The van der Waals surface area contributed by atoms with E-state index >= 15 is 0 Å². The third-order valence-corrected chi connectivity index (χ3v) is 2.31. The zero-order valence-electron chi connectivity index (χ0n) is 9.86. The molecule has 0 aromatic rings. The van der Waals surface area contributed by atoms with Gasteiger partial charge in [-0.1, -0.05) is 32.6 Å². The van der Waals surface area contributed by atoms with Crippen molar-refractivity contribution in [2.24, 2.45) is 0 Å². The van der Waals surface area contributed by atoms with Gasteiger partial charge in [-0.05, 0) is 6.42 Å². The van der Waals surface area contributed by atoms with Crippen molar-refractivity contribution in [1.29, 1.82) is 5.26 Å². The van der Waals surface area contributed by atoms with Crippen LogP contribution in [0.1, 0.15) is 46.0 Å². The number of hydrogen-bond donors (Lipinski definition) is 1. The Morgan fingerprint density at radius 2 is 1.60 bits per heavy atom. The summed E-state index contributed by atoms with van der Waals surface area (Å²) in [6.07, 6.45) is 4.83. The molecule has 0 aromatic heterocycles. The molecule has 0 spiro atoms. The maximum Gasteiger partial charge on any atom is 0.264 e. The molecule has 0 aliphatic carbocycles. The van der Waals surface area contributed by atoms with Gasteiger partial charge < -0.3 is 0 Å². The molecule has 0 unspecified atom stereocenters. The molecule has 0 amide bonds. The minimum absolute atomic E-state index is 0. The molecular weight excluding hydrogens is 225 g/mol. The molecule has 1 N–H and O–H groups in total. The molecule has 0 aliphatic rings. The molecule has 0 saturated heterocycles. The third kappa shape index (κ3) is 31.4. The first-order valence-electron chi connectivity index (χ1n) is 4.74. The molecule has 6 heteroatoms. The van der Waals surface area contributed by atoms with Crippen LogP contribution in [0.5, 0.6) is 0 Å². The summed E-state index contributed by atoms with van der Waals surface area (Å²) in [6.45, 7) is 3.53. The van der Waals surface area contributed by atoms with Gasteiger partial charge in [0, 0.05) is 36.5 Å². The third-order valence-electron chi connectivity index (χ3n) is 1.51. The van der Waals surface area contributed by atoms with Gasteiger partial charge in [0.15, 0.2) is 0 Å². The first-order chi connectivity index (χ1) is 6.47. The average molecular weight is 244 g/mol. The Hall–Kier alpha value is 0.400. The van der Waals surface area contributed by atoms with E-state index in [2.05, 4.69) is 6.92 Å². The molecule has 0 aliphatic heterocycles. The minimum atomic E-state index is -3.71. The Morgan fingerprint density at radius 1 is 1.20 bits per heavy atom. The van der Waals surface area contributed by atoms with Crippen molar-refractivity contribution in [3.05, 3.63) is 0 Å². The van der Waals surface area contributed by atoms with Crippen LogP contribution in [0.3, 0.4) is 0 Å². The van der Waals surface area contributed by atoms with Crippen LogP contribution in [0, 0.1) is 11.3 Å². The summed E-state index contributed by atoms with van der Waals surface area (Å²) < 4.78 is 28.8. The van der Waals surface area contributed by atoms with E-state index in [1.165, 1.54) is 6.92 Å². The van der Waals surface area contributed by atoms with Gasteiger partial charge >= 0.3 is 0 Å². The maximum atomic E-state index is 10.2. The summed E-state index contributed by atoms with van der Waals surface area (Å²) in [5.41, 5.74) is 0. The zero-order valence-corrected chi connectivity index (χ0v) is 12.7. The maximum absolute atomic E-state index is 10.2. The summed E-state index contributed by atoms with van der Waals surface area (Å²) in [5.74, 6) is -0.0866. The van der Waals surface area contributed by atoms with Crippen LogP contribution in [-0.4, -0.2) is 48.3 Å². The van der Waals surface area contributed by atoms with E-state index in [1.54, 1.807) is 6.07 Å². The number of unbranched alkanes of at least 4 members (excludes halogenated alkanes) is 4. The van der Waals surface area contributed by atoms with Gasteiger partial charge in [0.25, 0.3) is 10.1 Å². The van der Waals surface area contributed by atoms with E-state index in [9.17, 15) is 8.42 Å². The van der Waals surface area contributed by atoms with Gasteiger partial charge in [-0.15, -0.1) is 0 Å². The normalized spacial score (nSPS) is 9.20. The van der Waals surface area contributed by atoms with Crippen LogP contribution in [0.15, 0.2) is 0 Å². The number of hydrogen-bond acceptors (Lipinski definition) is 3. The number of rotatable bonds is 6. The second kappa shape index (κ2) is 14.4. The Bertz CT molecular complexity index is 247. The Morgan fingerprint density at radius 3 is 1.93 bits per heavy atom. The van der Waals surface area contributed by atoms with Crippen molar-refractivity contribution in [3.8, 4) is 6.07 Å². The molecule has 85 valence electrons. The molecule has 0 atom stereocenters. The smallest absolute Gasteiger partial charge is 0.264 e. The second-order valence-corrected chi connectivity index (χ2v) is 4.50. The van der Waals surface area contributed by atoms with E-state index < -0.39 is 10.1 Å². The summed E-state index contributed by atoms with van der Waals surface area (Å²) in [5, 5.41) is 7.32. The quantitative estimate of drug-likeness (QED) is 0.440. The SMILES string of the molecule is CC#N.CCCCCCCS(=O)(=O)O.[Na]. The van der Waals surface area contributed by atoms with E-state index in [0.717, 1.165) is 25.7 Å². The van der Waals surface area contributed by atoms with E-state index in [4.69, 9.17) is 9.81 Å². The molecule has 0 saturated carbocycles. The second-order valence-electron chi connectivity index (χ2n) is 2.92. The standard InChI is InChI=1S/C7H16O3S.C2H3N.Na/c1-2-3-4-5-6-7-11(8,9)10;1-2-3;/h2-7H2,1H3,(H,8,9,10);1H3;. The molecule has 0 heterocycles. The summed E-state index contributed by atoms with van der Waals surface area (Å²) in [4.78, 5) is 0. The van der Waals surface area contributed by atoms with Gasteiger partial charge in [0.1, 0.15) is 0 Å². The first-order valence-corrected chi connectivity index (χ1v) is 6.34. The first kappa shape index (κ1) is 20.8. The van der Waals surface area contributed by atoms with Crippen LogP contribution in [-0.2, 0) is 10.1 Å². The number of nitriles is 1. The van der Waals surface area contributed by atoms with Crippen LogP contribution >= 0.6 is 0 Å². The molecule has 1 radical (unpaired) electrons. The zero-order chi connectivity index (χ0) is 11.4. The molecule has 0 bridgehead atoms. The minimum Gasteiger partial charge on any atom is -0.286 e. The van der Waals surface area contributed by atoms with Gasteiger partial charge in [0.2, 0.25) is 0 Å². The molecule has 15 heavy (non-hydrogen) atoms. The van der Waals surface area contributed by atoms with Crippen molar-refractivity contribution in [1.82, 2.24) is 0 Å². The van der Waals surface area contributed by atoms with Crippen molar-refractivity contribution in [3.63, 3.8) is 0 Å². The van der Waals surface area contributed by atoms with Gasteiger partial charge in [-0.3, -0.25) is 4.55 Å². The average Bonchev–Trinajstić information content (AvgIpc) is 2.03. The van der Waals surface area contributed by atoms with Gasteiger partial charge in [-0.2, -0.15) is 13.7 Å². The molecule has 0 aromatic carbocycles. The summed E-state index contributed by atoms with van der Waals surface area (Å²) >= 11 is 0. The van der Waals surface area contributed by atoms with Crippen LogP contribution in [0.4, 0.5) is 0 Å².